The number of carbonyl (C=O) groups excluding carboxylic acids is 1. The molecular weight excluding hydrogens is 328 g/mol. The van der Waals surface area contributed by atoms with Crippen LogP contribution in [0.5, 0.6) is 0 Å². The zero-order valence-electron chi connectivity index (χ0n) is 13.7. The molecule has 2 heterocycles. The van der Waals surface area contributed by atoms with E-state index in [1.807, 2.05) is 0 Å². The number of aromatic nitrogens is 4. The molecular formula is C16H21ClN6O. The first-order valence-electron chi connectivity index (χ1n) is 8.20. The van der Waals surface area contributed by atoms with Gasteiger partial charge >= 0.3 is 0 Å². The molecule has 1 atom stereocenters. The zero-order chi connectivity index (χ0) is 16.9. The Bertz CT molecular complexity index is 690. The van der Waals surface area contributed by atoms with Crippen molar-refractivity contribution in [1.82, 2.24) is 30.4 Å². The van der Waals surface area contributed by atoms with Crippen LogP contribution in [0.15, 0.2) is 24.5 Å². The van der Waals surface area contributed by atoms with Crippen LogP contribution in [-0.4, -0.2) is 56.7 Å². The minimum Gasteiger partial charge on any atom is -0.351 e. The highest BCUT2D eigenvalue weighted by molar-refractivity contribution is 6.34. The fourth-order valence-corrected chi connectivity index (χ4v) is 3.27. The van der Waals surface area contributed by atoms with Crippen LogP contribution in [0.2, 0.25) is 5.02 Å². The Kier molecular flexibility index (Phi) is 5.42. The molecule has 3 rings (SSSR count). The first kappa shape index (κ1) is 16.9. The van der Waals surface area contributed by atoms with Gasteiger partial charge in [0.2, 0.25) is 0 Å². The maximum atomic E-state index is 12.3. The number of nitrogens with zero attached hydrogens (tertiary/aromatic N) is 5. The summed E-state index contributed by atoms with van der Waals surface area (Å²) >= 11 is 6.24. The van der Waals surface area contributed by atoms with Crippen LogP contribution in [0.3, 0.4) is 0 Å². The molecule has 1 aromatic carbocycles. The molecule has 0 aliphatic carbocycles. The van der Waals surface area contributed by atoms with Crippen molar-refractivity contribution < 1.29 is 4.79 Å². The highest BCUT2D eigenvalue weighted by Gasteiger charge is 2.18. The van der Waals surface area contributed by atoms with E-state index in [-0.39, 0.29) is 5.91 Å². The van der Waals surface area contributed by atoms with Crippen LogP contribution >= 0.6 is 11.6 Å². The van der Waals surface area contributed by atoms with Crippen LogP contribution < -0.4 is 5.32 Å². The van der Waals surface area contributed by atoms with Crippen molar-refractivity contribution in [3.05, 3.63) is 35.1 Å². The number of benzene rings is 1. The molecule has 0 unspecified atom stereocenters. The summed E-state index contributed by atoms with van der Waals surface area (Å²) in [4.78, 5) is 14.7. The summed E-state index contributed by atoms with van der Waals surface area (Å²) in [6, 6.07) is 5.73. The lowest BCUT2D eigenvalue weighted by molar-refractivity contribution is 0.0938. The van der Waals surface area contributed by atoms with E-state index in [1.165, 1.54) is 30.3 Å². The van der Waals surface area contributed by atoms with Crippen molar-refractivity contribution in [3.8, 4) is 5.69 Å². The molecule has 1 amide bonds. The molecule has 0 spiro atoms. The first-order chi connectivity index (χ1) is 11.6. The van der Waals surface area contributed by atoms with E-state index in [0.29, 0.717) is 28.9 Å². The maximum absolute atomic E-state index is 12.3. The second kappa shape index (κ2) is 7.72. The number of carbonyl (C=O) groups is 1. The van der Waals surface area contributed by atoms with Gasteiger partial charge in [0.15, 0.2) is 0 Å². The fraction of sp³-hybridized carbons (Fsp3) is 0.500. The van der Waals surface area contributed by atoms with Gasteiger partial charge in [-0.25, -0.2) is 4.68 Å². The van der Waals surface area contributed by atoms with Gasteiger partial charge in [-0.3, -0.25) is 9.69 Å². The third-order valence-corrected chi connectivity index (χ3v) is 4.75. The van der Waals surface area contributed by atoms with E-state index < -0.39 is 0 Å². The van der Waals surface area contributed by atoms with Crippen molar-refractivity contribution >= 4 is 17.5 Å². The minimum atomic E-state index is -0.159. The van der Waals surface area contributed by atoms with Gasteiger partial charge in [0.25, 0.3) is 5.91 Å². The number of hydrogen-bond acceptors (Lipinski definition) is 5. The molecule has 7 nitrogen and oxygen atoms in total. The summed E-state index contributed by atoms with van der Waals surface area (Å²) in [6.45, 7) is 4.84. The summed E-state index contributed by atoms with van der Waals surface area (Å²) in [5.74, 6) is -0.159. The lowest BCUT2D eigenvalue weighted by atomic mass is 10.0. The zero-order valence-corrected chi connectivity index (χ0v) is 14.4. The number of likely N-dealkylation sites (tertiary alicyclic amines) is 1. The molecule has 1 aliphatic heterocycles. The summed E-state index contributed by atoms with van der Waals surface area (Å²) in [5, 5.41) is 14.3. The number of nitrogens with one attached hydrogen (secondary N) is 1. The molecule has 128 valence electrons. The van der Waals surface area contributed by atoms with Crippen molar-refractivity contribution in [2.75, 3.05) is 19.6 Å². The molecule has 1 aliphatic rings. The molecule has 0 saturated carbocycles. The number of piperidine rings is 1. The second-order valence-electron chi connectivity index (χ2n) is 6.06. The van der Waals surface area contributed by atoms with Gasteiger partial charge in [-0.2, -0.15) is 0 Å². The van der Waals surface area contributed by atoms with Crippen LogP contribution in [0, 0.1) is 0 Å². The van der Waals surface area contributed by atoms with E-state index in [4.69, 9.17) is 11.6 Å². The molecule has 8 heteroatoms. The summed E-state index contributed by atoms with van der Waals surface area (Å²) in [5.41, 5.74) is 1.17. The molecule has 24 heavy (non-hydrogen) atoms. The van der Waals surface area contributed by atoms with Gasteiger partial charge in [-0.1, -0.05) is 18.0 Å². The predicted octanol–water partition coefficient (Wildman–Crippen LogP) is 1.92. The first-order valence-corrected chi connectivity index (χ1v) is 8.58. The van der Waals surface area contributed by atoms with Crippen molar-refractivity contribution in [3.63, 3.8) is 0 Å². The summed E-state index contributed by atoms with van der Waals surface area (Å²) in [7, 11) is 0. The third-order valence-electron chi connectivity index (χ3n) is 4.44. The summed E-state index contributed by atoms with van der Waals surface area (Å²) in [6.07, 6.45) is 5.25. The number of tetrazole rings is 1. The van der Waals surface area contributed by atoms with Gasteiger partial charge in [0, 0.05) is 19.1 Å². The van der Waals surface area contributed by atoms with E-state index in [0.717, 1.165) is 13.1 Å². The van der Waals surface area contributed by atoms with Crippen molar-refractivity contribution in [2.24, 2.45) is 0 Å². The van der Waals surface area contributed by atoms with E-state index >= 15 is 0 Å². The molecule has 1 N–H and O–H groups in total. The Labute approximate surface area is 146 Å². The Hall–Kier alpha value is -1.99. The van der Waals surface area contributed by atoms with Gasteiger partial charge in [0.1, 0.15) is 6.33 Å². The van der Waals surface area contributed by atoms with E-state index in [2.05, 4.69) is 32.7 Å². The Morgan fingerprint density at radius 1 is 1.42 bits per heavy atom. The molecule has 1 saturated heterocycles. The van der Waals surface area contributed by atoms with Crippen molar-refractivity contribution in [2.45, 2.75) is 32.2 Å². The van der Waals surface area contributed by atoms with E-state index in [9.17, 15) is 4.79 Å². The Balaban J connectivity index is 1.57. The fourth-order valence-electron chi connectivity index (χ4n) is 3.01. The second-order valence-corrected chi connectivity index (χ2v) is 6.46. The van der Waals surface area contributed by atoms with Gasteiger partial charge in [0.05, 0.1) is 16.3 Å². The average Bonchev–Trinajstić information content (AvgIpc) is 3.11. The topological polar surface area (TPSA) is 75.9 Å². The van der Waals surface area contributed by atoms with Gasteiger partial charge in [-0.05, 0) is 54.9 Å². The Morgan fingerprint density at radius 3 is 3.00 bits per heavy atom. The monoisotopic (exact) mass is 348 g/mol. The largest absolute Gasteiger partial charge is 0.351 e. The van der Waals surface area contributed by atoms with Crippen LogP contribution in [0.25, 0.3) is 5.69 Å². The SMILES string of the molecule is C[C@@H]1CCCCN1CCNC(=O)c1ccc(-n2cnnn2)cc1Cl. The number of halogens is 1. The highest BCUT2D eigenvalue weighted by atomic mass is 35.5. The van der Waals surface area contributed by atoms with E-state index in [1.54, 1.807) is 18.2 Å². The lowest BCUT2D eigenvalue weighted by Gasteiger charge is -2.33. The van der Waals surface area contributed by atoms with Crippen LogP contribution in [-0.2, 0) is 0 Å². The summed E-state index contributed by atoms with van der Waals surface area (Å²) < 4.78 is 1.49. The molecule has 1 aromatic heterocycles. The van der Waals surface area contributed by atoms with Gasteiger partial charge in [-0.15, -0.1) is 5.10 Å². The average molecular weight is 349 g/mol. The number of rotatable bonds is 5. The molecule has 0 bridgehead atoms. The lowest BCUT2D eigenvalue weighted by Crippen LogP contribution is -2.42. The molecule has 0 radical (unpaired) electrons. The quantitative estimate of drug-likeness (QED) is 0.893. The van der Waals surface area contributed by atoms with Crippen LogP contribution in [0.4, 0.5) is 0 Å². The Morgan fingerprint density at radius 2 is 2.29 bits per heavy atom. The smallest absolute Gasteiger partial charge is 0.252 e. The molecule has 2 aromatic rings. The van der Waals surface area contributed by atoms with Crippen LogP contribution in [0.1, 0.15) is 36.5 Å². The predicted molar refractivity (Wildman–Crippen MR) is 91.4 cm³/mol. The minimum absolute atomic E-state index is 0.159. The number of amides is 1. The van der Waals surface area contributed by atoms with Crippen molar-refractivity contribution in [1.29, 1.82) is 0 Å². The highest BCUT2D eigenvalue weighted by Crippen LogP contribution is 2.20. The normalized spacial score (nSPS) is 18.5. The van der Waals surface area contributed by atoms with Gasteiger partial charge < -0.3 is 5.32 Å². The molecule has 1 fully saturated rings. The maximum Gasteiger partial charge on any atom is 0.252 e. The number of hydrogen-bond donors (Lipinski definition) is 1. The third kappa shape index (κ3) is 3.91. The standard InChI is InChI=1S/C16H21ClN6O/c1-12-4-2-3-8-22(12)9-7-18-16(24)14-6-5-13(10-15(14)17)23-11-19-20-21-23/h5-6,10-12H,2-4,7-9H2,1H3,(H,18,24)/t12-/m1/s1.